The number of hydrogen-bond donors (Lipinski definition) is 2. The van der Waals surface area contributed by atoms with Gasteiger partial charge in [0.25, 0.3) is 0 Å². The van der Waals surface area contributed by atoms with E-state index in [9.17, 15) is 0 Å². The highest BCUT2D eigenvalue weighted by atomic mass is 15.2. The summed E-state index contributed by atoms with van der Waals surface area (Å²) >= 11 is 0. The van der Waals surface area contributed by atoms with Crippen LogP contribution < -0.4 is 11.3 Å². The molecule has 82 valence electrons. The molecule has 0 aromatic carbocycles. The molecule has 1 atom stereocenters. The maximum absolute atomic E-state index is 5.57. The average Bonchev–Trinajstić information content (AvgIpc) is 3.04. The topological polar surface area (TPSA) is 50.9 Å². The van der Waals surface area contributed by atoms with E-state index in [-0.39, 0.29) is 0 Å². The van der Waals surface area contributed by atoms with Crippen molar-refractivity contribution in [1.29, 1.82) is 0 Å². The van der Waals surface area contributed by atoms with E-state index in [2.05, 4.69) is 36.4 Å². The van der Waals surface area contributed by atoms with Crippen molar-refractivity contribution in [3.05, 3.63) is 29.6 Å². The summed E-state index contributed by atoms with van der Waals surface area (Å²) in [6.07, 6.45) is 4.51. The van der Waals surface area contributed by atoms with Gasteiger partial charge < -0.3 is 0 Å². The van der Waals surface area contributed by atoms with Crippen LogP contribution in [0.4, 0.5) is 0 Å². The Morgan fingerprint density at radius 1 is 1.40 bits per heavy atom. The first kappa shape index (κ1) is 10.6. The molecule has 3 heteroatoms. The molecule has 1 aromatic heterocycles. The molecule has 1 fully saturated rings. The third-order valence-corrected chi connectivity index (χ3v) is 3.03. The Bertz CT molecular complexity index is 314. The van der Waals surface area contributed by atoms with Crippen LogP contribution >= 0.6 is 0 Å². The summed E-state index contributed by atoms with van der Waals surface area (Å²) in [6, 6.07) is 4.54. The van der Waals surface area contributed by atoms with Crippen LogP contribution in [-0.4, -0.2) is 4.98 Å². The Morgan fingerprint density at radius 2 is 2.13 bits per heavy atom. The molecule has 1 aromatic rings. The number of nitrogens with two attached hydrogens (primary N) is 1. The Hall–Kier alpha value is -0.930. The third kappa shape index (κ3) is 2.36. The highest BCUT2D eigenvalue weighted by Gasteiger charge is 2.31. The zero-order chi connectivity index (χ0) is 10.8. The van der Waals surface area contributed by atoms with Gasteiger partial charge in [0.2, 0.25) is 0 Å². The summed E-state index contributed by atoms with van der Waals surface area (Å²) in [5.74, 6) is 6.77. The second-order valence-electron chi connectivity index (χ2n) is 4.65. The Balaban J connectivity index is 2.14. The van der Waals surface area contributed by atoms with Crippen molar-refractivity contribution in [3.63, 3.8) is 0 Å². The van der Waals surface area contributed by atoms with Crippen LogP contribution in [-0.2, 0) is 0 Å². The molecular weight excluding hydrogens is 186 g/mol. The van der Waals surface area contributed by atoms with Gasteiger partial charge >= 0.3 is 0 Å². The lowest BCUT2D eigenvalue weighted by molar-refractivity contribution is 0.495. The second-order valence-corrected chi connectivity index (χ2v) is 4.65. The molecule has 15 heavy (non-hydrogen) atoms. The minimum atomic E-state index is 0.290. The molecule has 3 nitrogen and oxygen atoms in total. The largest absolute Gasteiger partial charge is 0.271 e. The van der Waals surface area contributed by atoms with E-state index in [0.717, 1.165) is 5.69 Å². The SMILES string of the molecule is CC(C)c1ccc(C(NN)C2CC2)cn1. The lowest BCUT2D eigenvalue weighted by Gasteiger charge is -2.15. The number of hydrazine groups is 1. The van der Waals surface area contributed by atoms with Crippen LogP contribution in [0, 0.1) is 5.92 Å². The maximum Gasteiger partial charge on any atom is 0.0503 e. The van der Waals surface area contributed by atoms with Gasteiger partial charge in [-0.2, -0.15) is 0 Å². The van der Waals surface area contributed by atoms with Crippen LogP contribution in [0.2, 0.25) is 0 Å². The van der Waals surface area contributed by atoms with E-state index < -0.39 is 0 Å². The minimum Gasteiger partial charge on any atom is -0.271 e. The molecule has 1 aliphatic carbocycles. The number of nitrogens with zero attached hydrogens (tertiary/aromatic N) is 1. The first-order valence-electron chi connectivity index (χ1n) is 5.64. The van der Waals surface area contributed by atoms with Crippen LogP contribution in [0.15, 0.2) is 18.3 Å². The molecule has 2 rings (SSSR count). The van der Waals surface area contributed by atoms with E-state index in [1.54, 1.807) is 0 Å². The number of rotatable bonds is 4. The van der Waals surface area contributed by atoms with Gasteiger partial charge in [0.15, 0.2) is 0 Å². The van der Waals surface area contributed by atoms with E-state index in [1.165, 1.54) is 18.4 Å². The van der Waals surface area contributed by atoms with Crippen molar-refractivity contribution in [2.24, 2.45) is 11.8 Å². The standard InChI is InChI=1S/C12H19N3/c1-8(2)11-6-5-10(7-14-11)12(15-13)9-3-4-9/h5-9,12,15H,3-4,13H2,1-2H3. The van der Waals surface area contributed by atoms with E-state index in [0.29, 0.717) is 17.9 Å². The van der Waals surface area contributed by atoms with Crippen molar-refractivity contribution in [2.75, 3.05) is 0 Å². The fourth-order valence-electron chi connectivity index (χ4n) is 1.88. The average molecular weight is 205 g/mol. The van der Waals surface area contributed by atoms with Crippen LogP contribution in [0.25, 0.3) is 0 Å². The Morgan fingerprint density at radius 3 is 2.53 bits per heavy atom. The summed E-state index contributed by atoms with van der Waals surface area (Å²) < 4.78 is 0. The van der Waals surface area contributed by atoms with Gasteiger partial charge in [0, 0.05) is 11.9 Å². The molecule has 0 saturated heterocycles. The number of pyridine rings is 1. The monoisotopic (exact) mass is 205 g/mol. The zero-order valence-electron chi connectivity index (χ0n) is 9.40. The lowest BCUT2D eigenvalue weighted by atomic mass is 10.0. The van der Waals surface area contributed by atoms with Crippen LogP contribution in [0.3, 0.4) is 0 Å². The van der Waals surface area contributed by atoms with E-state index >= 15 is 0 Å². The number of aromatic nitrogens is 1. The summed E-state index contributed by atoms with van der Waals surface area (Å²) in [5.41, 5.74) is 5.25. The van der Waals surface area contributed by atoms with Crippen molar-refractivity contribution in [3.8, 4) is 0 Å². The molecule has 1 saturated carbocycles. The van der Waals surface area contributed by atoms with Gasteiger partial charge in [-0.3, -0.25) is 16.3 Å². The predicted molar refractivity (Wildman–Crippen MR) is 61.1 cm³/mol. The lowest BCUT2D eigenvalue weighted by Crippen LogP contribution is -2.29. The molecule has 1 unspecified atom stereocenters. The van der Waals surface area contributed by atoms with Gasteiger partial charge in [-0.15, -0.1) is 0 Å². The maximum atomic E-state index is 5.57. The smallest absolute Gasteiger partial charge is 0.0503 e. The number of nitrogens with one attached hydrogen (secondary N) is 1. The van der Waals surface area contributed by atoms with Gasteiger partial charge in [-0.05, 0) is 36.3 Å². The van der Waals surface area contributed by atoms with Crippen molar-refractivity contribution >= 4 is 0 Å². The van der Waals surface area contributed by atoms with Crippen molar-refractivity contribution < 1.29 is 0 Å². The van der Waals surface area contributed by atoms with Crippen molar-refractivity contribution in [1.82, 2.24) is 10.4 Å². The normalized spacial score (nSPS) is 18.1. The first-order chi connectivity index (χ1) is 7.22. The molecule has 0 bridgehead atoms. The fraction of sp³-hybridized carbons (Fsp3) is 0.583. The minimum absolute atomic E-state index is 0.290. The van der Waals surface area contributed by atoms with Gasteiger partial charge in [0.1, 0.15) is 0 Å². The molecule has 0 radical (unpaired) electrons. The van der Waals surface area contributed by atoms with Crippen LogP contribution in [0.5, 0.6) is 0 Å². The highest BCUT2D eigenvalue weighted by molar-refractivity contribution is 5.21. The first-order valence-corrected chi connectivity index (χ1v) is 5.64. The van der Waals surface area contributed by atoms with E-state index in [4.69, 9.17) is 5.84 Å². The molecule has 0 spiro atoms. The molecule has 0 amide bonds. The highest BCUT2D eigenvalue weighted by Crippen LogP contribution is 2.40. The summed E-state index contributed by atoms with van der Waals surface area (Å²) in [4.78, 5) is 4.46. The quantitative estimate of drug-likeness (QED) is 0.584. The fourth-order valence-corrected chi connectivity index (χ4v) is 1.88. The van der Waals surface area contributed by atoms with Crippen molar-refractivity contribution in [2.45, 2.75) is 38.6 Å². The summed E-state index contributed by atoms with van der Waals surface area (Å²) in [6.45, 7) is 4.31. The molecule has 3 N–H and O–H groups in total. The third-order valence-electron chi connectivity index (χ3n) is 3.03. The summed E-state index contributed by atoms with van der Waals surface area (Å²) in [5, 5.41) is 0. The van der Waals surface area contributed by atoms with Gasteiger partial charge in [0.05, 0.1) is 6.04 Å². The Labute approximate surface area is 91.1 Å². The van der Waals surface area contributed by atoms with Gasteiger partial charge in [-0.25, -0.2) is 0 Å². The summed E-state index contributed by atoms with van der Waals surface area (Å²) in [7, 11) is 0. The number of hydrogen-bond acceptors (Lipinski definition) is 3. The second kappa shape index (κ2) is 4.29. The van der Waals surface area contributed by atoms with Gasteiger partial charge in [-0.1, -0.05) is 19.9 Å². The molecule has 1 aliphatic rings. The molecule has 1 heterocycles. The molecular formula is C12H19N3. The Kier molecular flexibility index (Phi) is 3.03. The predicted octanol–water partition coefficient (Wildman–Crippen LogP) is 2.12. The van der Waals surface area contributed by atoms with Crippen LogP contribution in [0.1, 0.15) is 49.9 Å². The van der Waals surface area contributed by atoms with E-state index in [1.807, 2.05) is 6.20 Å². The zero-order valence-corrected chi connectivity index (χ0v) is 9.40. The molecule has 0 aliphatic heterocycles.